The number of nitrogens with zero attached hydrogens (tertiary/aromatic N) is 1. The molecule has 0 bridgehead atoms. The molecule has 0 radical (unpaired) electrons. The van der Waals surface area contributed by atoms with E-state index in [1.807, 2.05) is 0 Å². The summed E-state index contributed by atoms with van der Waals surface area (Å²) >= 11 is 0. The number of esters is 1. The number of aromatic nitrogens is 2. The predicted octanol–water partition coefficient (Wildman–Crippen LogP) is -0.233. The molecule has 158 valence electrons. The summed E-state index contributed by atoms with van der Waals surface area (Å²) in [5.41, 5.74) is -1.20. The Morgan fingerprint density at radius 1 is 1.43 bits per heavy atom. The molecule has 12 heteroatoms. The summed E-state index contributed by atoms with van der Waals surface area (Å²) in [6, 6.07) is 0.350. The van der Waals surface area contributed by atoms with Crippen molar-refractivity contribution in [3.8, 4) is 0 Å². The zero-order valence-corrected chi connectivity index (χ0v) is 17.1. The van der Waals surface area contributed by atoms with Crippen molar-refractivity contribution in [1.29, 1.82) is 0 Å². The fourth-order valence-electron chi connectivity index (χ4n) is 2.74. The Labute approximate surface area is 161 Å². The van der Waals surface area contributed by atoms with Gasteiger partial charge in [-0.05, 0) is 20.8 Å². The summed E-state index contributed by atoms with van der Waals surface area (Å²) in [4.78, 5) is 37.0. The Kier molecular flexibility index (Phi) is 7.73. The number of rotatable bonds is 8. The lowest BCUT2D eigenvalue weighted by atomic mass is 10.0. The summed E-state index contributed by atoms with van der Waals surface area (Å²) in [7, 11) is -2.80. The minimum atomic E-state index is -2.80. The average Bonchev–Trinajstić information content (AvgIpc) is 2.87. The van der Waals surface area contributed by atoms with Gasteiger partial charge in [-0.2, -0.15) is 0 Å². The van der Waals surface area contributed by atoms with Crippen molar-refractivity contribution in [2.45, 2.75) is 58.3 Å². The zero-order chi connectivity index (χ0) is 21.0. The predicted molar refractivity (Wildman–Crippen MR) is 99.2 cm³/mol. The topological polar surface area (TPSA) is 149 Å². The fraction of sp³-hybridized carbons (Fsp3) is 0.688. The number of aliphatic hydroxyl groups excluding tert-OH is 1. The number of aliphatic hydroxyl groups is 1. The monoisotopic (exact) mass is 419 g/mol. The van der Waals surface area contributed by atoms with Crippen LogP contribution in [0.5, 0.6) is 0 Å². The Morgan fingerprint density at radius 3 is 2.71 bits per heavy atom. The van der Waals surface area contributed by atoms with Gasteiger partial charge < -0.3 is 19.1 Å². The number of carbonyl (C=O) groups is 1. The van der Waals surface area contributed by atoms with E-state index in [1.165, 1.54) is 23.8 Å². The van der Waals surface area contributed by atoms with E-state index in [9.17, 15) is 24.1 Å². The Morgan fingerprint density at radius 2 is 2.11 bits per heavy atom. The molecular weight excluding hydrogens is 393 g/mol. The lowest BCUT2D eigenvalue weighted by Crippen LogP contribution is -2.34. The third kappa shape index (κ3) is 5.62. The third-order valence-corrected chi connectivity index (χ3v) is 5.32. The van der Waals surface area contributed by atoms with E-state index >= 15 is 0 Å². The van der Waals surface area contributed by atoms with Crippen molar-refractivity contribution in [3.63, 3.8) is 0 Å². The van der Waals surface area contributed by atoms with Crippen molar-refractivity contribution in [2.24, 2.45) is 5.92 Å². The van der Waals surface area contributed by atoms with E-state index in [0.29, 0.717) is 0 Å². The molecule has 2 heterocycles. The Hall–Kier alpha value is -1.78. The number of nitrogens with one attached hydrogen (secondary N) is 2. The van der Waals surface area contributed by atoms with Crippen LogP contribution in [-0.4, -0.2) is 51.6 Å². The average molecular weight is 419 g/mol. The van der Waals surface area contributed by atoms with Crippen LogP contribution in [-0.2, 0) is 23.4 Å². The number of aromatic amines is 1. The van der Waals surface area contributed by atoms with Crippen molar-refractivity contribution >= 4 is 14.1 Å². The fourth-order valence-corrected chi connectivity index (χ4v) is 3.62. The van der Waals surface area contributed by atoms with Crippen LogP contribution in [0.3, 0.4) is 0 Å². The highest BCUT2D eigenvalue weighted by atomic mass is 31.1. The molecule has 0 aliphatic carbocycles. The maximum Gasteiger partial charge on any atom is 0.330 e. The quantitative estimate of drug-likeness (QED) is 0.383. The van der Waals surface area contributed by atoms with Crippen LogP contribution in [0.4, 0.5) is 0 Å². The number of hydrogen-bond donors (Lipinski definition) is 3. The molecule has 1 aliphatic rings. The van der Waals surface area contributed by atoms with Gasteiger partial charge in [0.05, 0.1) is 18.8 Å². The summed E-state index contributed by atoms with van der Waals surface area (Å²) < 4.78 is 29.1. The van der Waals surface area contributed by atoms with Crippen molar-refractivity contribution in [1.82, 2.24) is 14.6 Å². The molecular formula is C16H26N3O8P. The maximum atomic E-state index is 12.0. The van der Waals surface area contributed by atoms with Gasteiger partial charge in [-0.1, -0.05) is 6.92 Å². The van der Waals surface area contributed by atoms with Crippen molar-refractivity contribution < 1.29 is 28.5 Å². The van der Waals surface area contributed by atoms with Crippen LogP contribution in [0.1, 0.15) is 33.9 Å². The van der Waals surface area contributed by atoms with E-state index in [2.05, 4.69) is 10.1 Å². The van der Waals surface area contributed by atoms with Crippen molar-refractivity contribution in [3.05, 3.63) is 33.1 Å². The van der Waals surface area contributed by atoms with E-state index < -0.39 is 55.8 Å². The first kappa shape index (κ1) is 22.5. The summed E-state index contributed by atoms with van der Waals surface area (Å²) in [6.45, 7) is 6.37. The number of ether oxygens (including phenoxy) is 2. The molecule has 0 spiro atoms. The van der Waals surface area contributed by atoms with Crippen LogP contribution in [0, 0.1) is 5.92 Å². The zero-order valence-electron chi connectivity index (χ0n) is 16.1. The van der Waals surface area contributed by atoms with Gasteiger partial charge in [0.1, 0.15) is 18.4 Å². The maximum absolute atomic E-state index is 12.0. The minimum absolute atomic E-state index is 0.211. The minimum Gasteiger partial charge on any atom is -0.462 e. The molecule has 1 saturated heterocycles. The normalized spacial score (nSPS) is 26.9. The van der Waals surface area contributed by atoms with Crippen LogP contribution >= 0.6 is 8.18 Å². The van der Waals surface area contributed by atoms with Gasteiger partial charge in [-0.15, -0.1) is 0 Å². The molecule has 28 heavy (non-hydrogen) atoms. The molecule has 1 aliphatic heterocycles. The standard InChI is InChI=1S/C16H26N3O8P/c1-8(2)26-15(22)10(4)18-28(24)25-7-11-13(21)9(3)14(27-11)19-6-5-12(20)17-16(19)23/h5-6,8-11,13-14,21,28H,7H2,1-4H3,(H,18,24)(H,17,20,23)/t9-,10+,11+,13-,14+/m0/s1. The van der Waals surface area contributed by atoms with Gasteiger partial charge in [0.15, 0.2) is 0 Å². The first-order valence-corrected chi connectivity index (χ1v) is 10.2. The Bertz CT molecular complexity index is 823. The van der Waals surface area contributed by atoms with Gasteiger partial charge in [-0.3, -0.25) is 23.7 Å². The molecule has 1 aromatic heterocycles. The van der Waals surface area contributed by atoms with E-state index in [1.54, 1.807) is 20.8 Å². The molecule has 0 aromatic carbocycles. The van der Waals surface area contributed by atoms with Crippen LogP contribution in [0.25, 0.3) is 0 Å². The van der Waals surface area contributed by atoms with Crippen molar-refractivity contribution in [2.75, 3.05) is 6.61 Å². The molecule has 3 N–H and O–H groups in total. The van der Waals surface area contributed by atoms with Crippen LogP contribution in [0.15, 0.2) is 21.9 Å². The smallest absolute Gasteiger partial charge is 0.330 e. The molecule has 0 amide bonds. The SMILES string of the molecule is CC(C)OC(=O)[C@@H](C)N[PH](=O)OC[C@H]1O[C@@H](n2ccc(=O)[nH]c2=O)[C@@H](C)[C@@H]1O. The number of carbonyl (C=O) groups excluding carboxylic acids is 1. The highest BCUT2D eigenvalue weighted by molar-refractivity contribution is 7.36. The first-order chi connectivity index (χ1) is 13.1. The second kappa shape index (κ2) is 9.62. The highest BCUT2D eigenvalue weighted by Crippen LogP contribution is 2.34. The van der Waals surface area contributed by atoms with E-state index in [-0.39, 0.29) is 12.7 Å². The Balaban J connectivity index is 1.92. The van der Waals surface area contributed by atoms with Gasteiger partial charge in [0.25, 0.3) is 13.7 Å². The molecule has 11 nitrogen and oxygen atoms in total. The lowest BCUT2D eigenvalue weighted by molar-refractivity contribution is -0.149. The van der Waals surface area contributed by atoms with Crippen LogP contribution < -0.4 is 16.3 Å². The third-order valence-electron chi connectivity index (χ3n) is 4.23. The summed E-state index contributed by atoms with van der Waals surface area (Å²) in [6.07, 6.45) is -1.65. The highest BCUT2D eigenvalue weighted by Gasteiger charge is 2.42. The van der Waals surface area contributed by atoms with Gasteiger partial charge >= 0.3 is 11.7 Å². The summed E-state index contributed by atoms with van der Waals surface area (Å²) in [5, 5.41) is 12.8. The molecule has 6 atom stereocenters. The second-order valence-corrected chi connectivity index (χ2v) is 8.03. The molecule has 1 fully saturated rings. The van der Waals surface area contributed by atoms with E-state index in [4.69, 9.17) is 14.0 Å². The van der Waals surface area contributed by atoms with Gasteiger partial charge in [0.2, 0.25) is 0 Å². The largest absolute Gasteiger partial charge is 0.462 e. The number of H-pyrrole nitrogens is 1. The van der Waals surface area contributed by atoms with Crippen LogP contribution in [0.2, 0.25) is 0 Å². The second-order valence-electron chi connectivity index (χ2n) is 6.88. The molecule has 1 aromatic rings. The molecule has 0 saturated carbocycles. The number of hydrogen-bond acceptors (Lipinski definition) is 8. The van der Waals surface area contributed by atoms with Gasteiger partial charge in [-0.25, -0.2) is 9.88 Å². The first-order valence-electron chi connectivity index (χ1n) is 8.89. The van der Waals surface area contributed by atoms with Gasteiger partial charge in [0, 0.05) is 18.2 Å². The summed E-state index contributed by atoms with van der Waals surface area (Å²) in [5.74, 6) is -1.03. The van der Waals surface area contributed by atoms with E-state index in [0.717, 1.165) is 0 Å². The molecule has 2 rings (SSSR count). The molecule has 1 unspecified atom stereocenters. The lowest BCUT2D eigenvalue weighted by Gasteiger charge is -2.18.